The van der Waals surface area contributed by atoms with Crippen LogP contribution >= 0.6 is 34.7 Å². The maximum Gasteiger partial charge on any atom is 0.239 e. The highest BCUT2D eigenvalue weighted by Crippen LogP contribution is 2.33. The number of thiazole rings is 1. The first kappa shape index (κ1) is 20.9. The van der Waals surface area contributed by atoms with Crippen LogP contribution < -0.4 is 9.64 Å². The van der Waals surface area contributed by atoms with Crippen molar-refractivity contribution in [3.63, 3.8) is 0 Å². The first-order valence-corrected chi connectivity index (χ1v) is 10.9. The fourth-order valence-corrected chi connectivity index (χ4v) is 4.62. The van der Waals surface area contributed by atoms with Gasteiger partial charge in [-0.05, 0) is 50.5 Å². The number of likely N-dealkylation sites (N-methyl/N-ethyl adjacent to an activating group) is 1. The van der Waals surface area contributed by atoms with Crippen molar-refractivity contribution in [2.75, 3.05) is 44.9 Å². The van der Waals surface area contributed by atoms with Crippen molar-refractivity contribution in [2.45, 2.75) is 4.90 Å². The fraction of sp³-hybridized carbons (Fsp3) is 0.300. The molecule has 0 fully saturated rings. The highest BCUT2D eigenvalue weighted by Gasteiger charge is 2.20. The Morgan fingerprint density at radius 2 is 1.93 bits per heavy atom. The number of benzene rings is 2. The topological polar surface area (TPSA) is 45.7 Å². The molecule has 0 saturated heterocycles. The molecule has 28 heavy (non-hydrogen) atoms. The number of aromatic nitrogens is 1. The fourth-order valence-electron chi connectivity index (χ4n) is 2.54. The van der Waals surface area contributed by atoms with Gasteiger partial charge in [0.25, 0.3) is 0 Å². The van der Waals surface area contributed by atoms with Gasteiger partial charge in [0.1, 0.15) is 11.3 Å². The Bertz CT molecular complexity index is 944. The van der Waals surface area contributed by atoms with Gasteiger partial charge in [-0.15, -0.1) is 11.8 Å². The maximum atomic E-state index is 13.0. The second-order valence-corrected chi connectivity index (χ2v) is 8.86. The van der Waals surface area contributed by atoms with Crippen LogP contribution in [0.5, 0.6) is 5.75 Å². The first-order valence-electron chi connectivity index (χ1n) is 8.75. The van der Waals surface area contributed by atoms with Crippen molar-refractivity contribution in [3.8, 4) is 5.75 Å². The van der Waals surface area contributed by atoms with Crippen LogP contribution in [-0.4, -0.2) is 55.8 Å². The van der Waals surface area contributed by atoms with E-state index in [4.69, 9.17) is 16.3 Å². The molecule has 0 saturated carbocycles. The molecular formula is C20H22ClN3O2S2. The number of thioether (sulfide) groups is 1. The predicted molar refractivity (Wildman–Crippen MR) is 119 cm³/mol. The van der Waals surface area contributed by atoms with Gasteiger partial charge in [0.05, 0.1) is 22.6 Å². The molecule has 1 amide bonds. The van der Waals surface area contributed by atoms with E-state index >= 15 is 0 Å². The van der Waals surface area contributed by atoms with E-state index in [1.165, 1.54) is 23.1 Å². The van der Waals surface area contributed by atoms with Gasteiger partial charge < -0.3 is 9.64 Å². The second-order valence-electron chi connectivity index (χ2n) is 6.40. The van der Waals surface area contributed by atoms with E-state index in [1.807, 2.05) is 56.6 Å². The Balaban J connectivity index is 1.77. The third-order valence-corrected chi connectivity index (χ3v) is 6.43. The summed E-state index contributed by atoms with van der Waals surface area (Å²) >= 11 is 9.26. The second kappa shape index (κ2) is 9.60. The normalized spacial score (nSPS) is 11.2. The number of nitrogens with zero attached hydrogens (tertiary/aromatic N) is 3. The number of hydrogen-bond acceptors (Lipinski definition) is 6. The van der Waals surface area contributed by atoms with Gasteiger partial charge >= 0.3 is 0 Å². The smallest absolute Gasteiger partial charge is 0.239 e. The predicted octanol–water partition coefficient (Wildman–Crippen LogP) is 4.65. The molecule has 0 N–H and O–H groups in total. The number of fused-ring (bicyclic) bond motifs is 1. The average molecular weight is 436 g/mol. The quantitative estimate of drug-likeness (QED) is 0.482. The van der Waals surface area contributed by atoms with Crippen LogP contribution in [0.3, 0.4) is 0 Å². The van der Waals surface area contributed by atoms with Gasteiger partial charge in [-0.1, -0.05) is 29.0 Å². The van der Waals surface area contributed by atoms with Gasteiger partial charge in [-0.25, -0.2) is 4.98 Å². The Morgan fingerprint density at radius 1 is 1.18 bits per heavy atom. The lowest BCUT2D eigenvalue weighted by Gasteiger charge is -2.21. The molecule has 0 atom stereocenters. The zero-order chi connectivity index (χ0) is 20.1. The summed E-state index contributed by atoms with van der Waals surface area (Å²) in [6.45, 7) is 1.33. The molecule has 0 unspecified atom stereocenters. The molecule has 3 aromatic rings. The number of amides is 1. The molecule has 0 spiro atoms. The summed E-state index contributed by atoms with van der Waals surface area (Å²) in [6.07, 6.45) is 0. The molecule has 0 bridgehead atoms. The first-order chi connectivity index (χ1) is 13.5. The molecule has 0 aliphatic carbocycles. The number of carbonyl (C=O) groups is 1. The number of para-hydroxylation sites is 1. The van der Waals surface area contributed by atoms with Gasteiger partial charge in [-0.2, -0.15) is 0 Å². The van der Waals surface area contributed by atoms with E-state index in [1.54, 1.807) is 12.0 Å². The SMILES string of the molecule is COc1ccc(SCC(=O)N(CCN(C)C)c2nc3c(Cl)cccc3s2)cc1. The Morgan fingerprint density at radius 3 is 2.57 bits per heavy atom. The molecule has 1 heterocycles. The van der Waals surface area contributed by atoms with Crippen molar-refractivity contribution in [2.24, 2.45) is 0 Å². The highest BCUT2D eigenvalue weighted by atomic mass is 35.5. The molecule has 0 aliphatic rings. The molecule has 8 heteroatoms. The van der Waals surface area contributed by atoms with Crippen molar-refractivity contribution < 1.29 is 9.53 Å². The number of ether oxygens (including phenoxy) is 1. The minimum Gasteiger partial charge on any atom is -0.497 e. The summed E-state index contributed by atoms with van der Waals surface area (Å²) in [5.41, 5.74) is 0.745. The monoisotopic (exact) mass is 435 g/mol. The summed E-state index contributed by atoms with van der Waals surface area (Å²) in [7, 11) is 5.62. The number of carbonyl (C=O) groups excluding carboxylic acids is 1. The van der Waals surface area contributed by atoms with Crippen LogP contribution in [0.25, 0.3) is 10.2 Å². The van der Waals surface area contributed by atoms with E-state index in [0.717, 1.165) is 27.4 Å². The maximum absolute atomic E-state index is 13.0. The van der Waals surface area contributed by atoms with Crippen LogP contribution in [0, 0.1) is 0 Å². The van der Waals surface area contributed by atoms with Crippen LogP contribution in [0.1, 0.15) is 0 Å². The zero-order valence-electron chi connectivity index (χ0n) is 16.0. The summed E-state index contributed by atoms with van der Waals surface area (Å²) in [5, 5.41) is 1.29. The van der Waals surface area contributed by atoms with E-state index in [0.29, 0.717) is 22.5 Å². The molecule has 0 aliphatic heterocycles. The largest absolute Gasteiger partial charge is 0.497 e. The minimum atomic E-state index is 0.0258. The molecule has 2 aromatic carbocycles. The Labute approximate surface area is 178 Å². The van der Waals surface area contributed by atoms with Crippen LogP contribution in [-0.2, 0) is 4.79 Å². The standard InChI is InChI=1S/C20H22ClN3O2S2/c1-23(2)11-12-24(20-22-19-16(21)5-4-6-17(19)28-20)18(25)13-27-15-9-7-14(26-3)8-10-15/h4-10H,11-13H2,1-3H3. The van der Waals surface area contributed by atoms with Crippen LogP contribution in [0.4, 0.5) is 5.13 Å². The van der Waals surface area contributed by atoms with Crippen molar-refractivity contribution in [1.82, 2.24) is 9.88 Å². The summed E-state index contributed by atoms with van der Waals surface area (Å²) < 4.78 is 6.16. The number of anilines is 1. The van der Waals surface area contributed by atoms with Gasteiger partial charge in [0, 0.05) is 18.0 Å². The van der Waals surface area contributed by atoms with Crippen LogP contribution in [0.15, 0.2) is 47.4 Å². The lowest BCUT2D eigenvalue weighted by Crippen LogP contribution is -2.37. The lowest BCUT2D eigenvalue weighted by molar-refractivity contribution is -0.116. The zero-order valence-corrected chi connectivity index (χ0v) is 18.4. The van der Waals surface area contributed by atoms with Crippen molar-refractivity contribution in [3.05, 3.63) is 47.5 Å². The Kier molecular flexibility index (Phi) is 7.18. The van der Waals surface area contributed by atoms with E-state index < -0.39 is 0 Å². The minimum absolute atomic E-state index is 0.0258. The molecule has 148 valence electrons. The number of rotatable bonds is 8. The van der Waals surface area contributed by atoms with Gasteiger partial charge in [0.15, 0.2) is 5.13 Å². The van der Waals surface area contributed by atoms with E-state index in [9.17, 15) is 4.79 Å². The van der Waals surface area contributed by atoms with Crippen molar-refractivity contribution >= 4 is 56.0 Å². The third-order valence-electron chi connectivity index (χ3n) is 4.08. The number of methoxy groups -OCH3 is 1. The molecule has 0 radical (unpaired) electrons. The third kappa shape index (κ3) is 5.17. The summed E-state index contributed by atoms with van der Waals surface area (Å²) in [6, 6.07) is 13.4. The van der Waals surface area contributed by atoms with Crippen molar-refractivity contribution in [1.29, 1.82) is 0 Å². The lowest BCUT2D eigenvalue weighted by atomic mass is 10.3. The van der Waals surface area contributed by atoms with Gasteiger partial charge in [0.2, 0.25) is 5.91 Å². The molecule has 1 aromatic heterocycles. The molecule has 5 nitrogen and oxygen atoms in total. The van der Waals surface area contributed by atoms with E-state index in [-0.39, 0.29) is 5.91 Å². The average Bonchev–Trinajstić information content (AvgIpc) is 3.12. The molecular weight excluding hydrogens is 414 g/mol. The van der Waals surface area contributed by atoms with E-state index in [2.05, 4.69) is 9.88 Å². The number of hydrogen-bond donors (Lipinski definition) is 0. The van der Waals surface area contributed by atoms with Crippen LogP contribution in [0.2, 0.25) is 5.02 Å². The summed E-state index contributed by atoms with van der Waals surface area (Å²) in [4.78, 5) is 22.5. The highest BCUT2D eigenvalue weighted by molar-refractivity contribution is 8.00. The molecule has 3 rings (SSSR count). The summed E-state index contributed by atoms with van der Waals surface area (Å²) in [5.74, 6) is 1.16. The van der Waals surface area contributed by atoms with Gasteiger partial charge in [-0.3, -0.25) is 9.69 Å². The Hall–Kier alpha value is -1.80. The number of halogens is 1.